The zero-order chi connectivity index (χ0) is 8.27. The van der Waals surface area contributed by atoms with E-state index in [4.69, 9.17) is 4.55 Å². The summed E-state index contributed by atoms with van der Waals surface area (Å²) in [6.45, 7) is 0. The second-order valence-corrected chi connectivity index (χ2v) is 3.54. The van der Waals surface area contributed by atoms with Crippen molar-refractivity contribution in [1.29, 1.82) is 0 Å². The molecule has 1 aromatic rings. The molecule has 0 saturated heterocycles. The van der Waals surface area contributed by atoms with E-state index < -0.39 is 11.1 Å². The summed E-state index contributed by atoms with van der Waals surface area (Å²) in [6, 6.07) is 0. The largest absolute Gasteiger partial charge is 0.306 e. The van der Waals surface area contributed by atoms with Gasteiger partial charge >= 0.3 is 0 Å². The second kappa shape index (κ2) is 3.89. The lowest BCUT2D eigenvalue weighted by Gasteiger charge is -1.94. The fraction of sp³-hybridized carbons (Fsp3) is 0.200. The zero-order valence-electron chi connectivity index (χ0n) is 5.40. The van der Waals surface area contributed by atoms with E-state index in [2.05, 4.69) is 25.9 Å². The van der Waals surface area contributed by atoms with Crippen LogP contribution in [0.5, 0.6) is 0 Å². The highest BCUT2D eigenvalue weighted by molar-refractivity contribution is 9.10. The Morgan fingerprint density at radius 2 is 2.27 bits per heavy atom. The van der Waals surface area contributed by atoms with Gasteiger partial charge in [0.25, 0.3) is 0 Å². The van der Waals surface area contributed by atoms with Gasteiger partial charge in [0, 0.05) is 0 Å². The van der Waals surface area contributed by atoms with Gasteiger partial charge in [-0.25, -0.2) is 9.19 Å². The zero-order valence-corrected chi connectivity index (χ0v) is 7.80. The number of aromatic nitrogens is 2. The van der Waals surface area contributed by atoms with Crippen LogP contribution in [0.4, 0.5) is 0 Å². The van der Waals surface area contributed by atoms with Crippen molar-refractivity contribution in [2.45, 2.75) is 5.75 Å². The average molecular weight is 237 g/mol. The molecule has 11 heavy (non-hydrogen) atoms. The Kier molecular flexibility index (Phi) is 3.10. The molecule has 1 rings (SSSR count). The van der Waals surface area contributed by atoms with Crippen molar-refractivity contribution >= 4 is 27.0 Å². The number of hydrogen-bond donors (Lipinski definition) is 1. The van der Waals surface area contributed by atoms with Crippen LogP contribution in [-0.2, 0) is 16.8 Å². The van der Waals surface area contributed by atoms with Crippen molar-refractivity contribution in [3.63, 3.8) is 0 Å². The van der Waals surface area contributed by atoms with E-state index in [0.29, 0.717) is 10.3 Å². The van der Waals surface area contributed by atoms with Gasteiger partial charge in [-0.2, -0.15) is 0 Å². The highest BCUT2D eigenvalue weighted by atomic mass is 79.9. The molecular formula is C5H5BrN2O2S. The summed E-state index contributed by atoms with van der Waals surface area (Å²) >= 11 is 1.26. The summed E-state index contributed by atoms with van der Waals surface area (Å²) < 4.78 is 19.4. The van der Waals surface area contributed by atoms with Crippen molar-refractivity contribution < 1.29 is 8.76 Å². The van der Waals surface area contributed by atoms with E-state index >= 15 is 0 Å². The van der Waals surface area contributed by atoms with Gasteiger partial charge in [0.15, 0.2) is 11.1 Å². The van der Waals surface area contributed by atoms with Gasteiger partial charge in [-0.15, -0.1) is 0 Å². The third-order valence-corrected chi connectivity index (χ3v) is 1.90. The van der Waals surface area contributed by atoms with Crippen LogP contribution in [0.2, 0.25) is 0 Å². The SMILES string of the molecule is O=S(O)Cc1cnc(Br)cn1. The van der Waals surface area contributed by atoms with Crippen molar-refractivity contribution in [3.05, 3.63) is 22.7 Å². The molecule has 0 radical (unpaired) electrons. The first-order chi connectivity index (χ1) is 5.18. The monoisotopic (exact) mass is 236 g/mol. The fourth-order valence-corrected chi connectivity index (χ4v) is 1.15. The maximum absolute atomic E-state index is 10.3. The summed E-state index contributed by atoms with van der Waals surface area (Å²) in [5.74, 6) is 0.0281. The number of nitrogens with zero attached hydrogens (tertiary/aromatic N) is 2. The molecule has 0 amide bonds. The van der Waals surface area contributed by atoms with Gasteiger partial charge in [-0.1, -0.05) is 0 Å². The van der Waals surface area contributed by atoms with Crippen molar-refractivity contribution in [2.24, 2.45) is 0 Å². The van der Waals surface area contributed by atoms with E-state index in [-0.39, 0.29) is 5.75 Å². The molecule has 0 saturated carbocycles. The molecule has 1 unspecified atom stereocenters. The molecular weight excluding hydrogens is 232 g/mol. The van der Waals surface area contributed by atoms with Gasteiger partial charge < -0.3 is 4.55 Å². The first kappa shape index (κ1) is 8.76. The van der Waals surface area contributed by atoms with Crippen LogP contribution in [0, 0.1) is 0 Å². The van der Waals surface area contributed by atoms with E-state index in [1.54, 1.807) is 0 Å². The van der Waals surface area contributed by atoms with Gasteiger partial charge in [-0.05, 0) is 15.9 Å². The van der Waals surface area contributed by atoms with Gasteiger partial charge in [0.05, 0.1) is 23.8 Å². The average Bonchev–Trinajstić information content (AvgIpc) is 1.93. The Morgan fingerprint density at radius 3 is 2.73 bits per heavy atom. The molecule has 0 aliphatic rings. The summed E-state index contributed by atoms with van der Waals surface area (Å²) in [5, 5.41) is 0. The van der Waals surface area contributed by atoms with Crippen LogP contribution in [0.15, 0.2) is 17.0 Å². The normalized spacial score (nSPS) is 12.9. The summed E-state index contributed by atoms with van der Waals surface area (Å²) in [6.07, 6.45) is 2.94. The maximum atomic E-state index is 10.3. The third kappa shape index (κ3) is 3.04. The Balaban J connectivity index is 2.74. The predicted octanol–water partition coefficient (Wildman–Crippen LogP) is 0.961. The first-order valence-electron chi connectivity index (χ1n) is 2.72. The molecule has 0 fully saturated rings. The molecule has 1 N–H and O–H groups in total. The van der Waals surface area contributed by atoms with Crippen molar-refractivity contribution in [1.82, 2.24) is 9.97 Å². The third-order valence-electron chi connectivity index (χ3n) is 0.945. The fourth-order valence-electron chi connectivity index (χ4n) is 0.540. The quantitative estimate of drug-likeness (QED) is 0.778. The number of hydrogen-bond acceptors (Lipinski definition) is 3. The lowest BCUT2D eigenvalue weighted by molar-refractivity contribution is 0.562. The molecule has 0 bridgehead atoms. The Morgan fingerprint density at radius 1 is 1.55 bits per heavy atom. The number of halogens is 1. The van der Waals surface area contributed by atoms with Gasteiger partial charge in [0.1, 0.15) is 4.60 Å². The van der Waals surface area contributed by atoms with Crippen LogP contribution in [-0.4, -0.2) is 18.7 Å². The summed E-state index contributed by atoms with van der Waals surface area (Å²) in [7, 11) is 0. The van der Waals surface area contributed by atoms with E-state index in [9.17, 15) is 4.21 Å². The first-order valence-corrected chi connectivity index (χ1v) is 4.79. The highest BCUT2D eigenvalue weighted by Crippen LogP contribution is 2.03. The van der Waals surface area contributed by atoms with Crippen LogP contribution >= 0.6 is 15.9 Å². The molecule has 60 valence electrons. The van der Waals surface area contributed by atoms with E-state index in [0.717, 1.165) is 0 Å². The van der Waals surface area contributed by atoms with Crippen LogP contribution in [0.1, 0.15) is 5.69 Å². The molecule has 0 spiro atoms. The molecule has 0 aliphatic heterocycles. The van der Waals surface area contributed by atoms with E-state index in [1.165, 1.54) is 12.4 Å². The standard InChI is InChI=1S/C5H5BrN2O2S/c6-5-2-7-4(1-8-5)3-11(9)10/h1-2H,3H2,(H,9,10). The lowest BCUT2D eigenvalue weighted by Crippen LogP contribution is -1.96. The van der Waals surface area contributed by atoms with E-state index in [1.807, 2.05) is 0 Å². The lowest BCUT2D eigenvalue weighted by atomic mass is 10.5. The Bertz CT molecular complexity index is 264. The Hall–Kier alpha value is -0.330. The number of rotatable bonds is 2. The minimum absolute atomic E-state index is 0.0281. The van der Waals surface area contributed by atoms with Crippen molar-refractivity contribution in [2.75, 3.05) is 0 Å². The predicted molar refractivity (Wildman–Crippen MR) is 44.2 cm³/mol. The maximum Gasteiger partial charge on any atom is 0.159 e. The Labute approximate surface area is 74.5 Å². The highest BCUT2D eigenvalue weighted by Gasteiger charge is 1.98. The van der Waals surface area contributed by atoms with Crippen LogP contribution in [0.3, 0.4) is 0 Å². The second-order valence-electron chi connectivity index (χ2n) is 1.80. The summed E-state index contributed by atoms with van der Waals surface area (Å²) in [5.41, 5.74) is 0.508. The molecule has 4 nitrogen and oxygen atoms in total. The molecule has 1 heterocycles. The minimum Gasteiger partial charge on any atom is -0.306 e. The molecule has 0 aromatic carbocycles. The minimum atomic E-state index is -1.84. The summed E-state index contributed by atoms with van der Waals surface area (Å²) in [4.78, 5) is 7.70. The van der Waals surface area contributed by atoms with Crippen molar-refractivity contribution in [3.8, 4) is 0 Å². The van der Waals surface area contributed by atoms with Gasteiger partial charge in [0.2, 0.25) is 0 Å². The molecule has 0 aliphatic carbocycles. The van der Waals surface area contributed by atoms with Crippen LogP contribution in [0.25, 0.3) is 0 Å². The molecule has 1 aromatic heterocycles. The van der Waals surface area contributed by atoms with Crippen LogP contribution < -0.4 is 0 Å². The molecule has 1 atom stereocenters. The smallest absolute Gasteiger partial charge is 0.159 e. The molecule has 6 heteroatoms. The van der Waals surface area contributed by atoms with Gasteiger partial charge in [-0.3, -0.25) is 4.98 Å². The topological polar surface area (TPSA) is 63.1 Å².